The quantitative estimate of drug-likeness (QED) is 0.498. The molecule has 2 atom stereocenters. The number of nitrogens with zero attached hydrogens (tertiary/aromatic N) is 3. The first-order valence-corrected chi connectivity index (χ1v) is 11.0. The van der Waals surface area contributed by atoms with Gasteiger partial charge in [-0.2, -0.15) is 5.26 Å². The molecule has 2 heterocycles. The maximum absolute atomic E-state index is 13.0. The largest absolute Gasteiger partial charge is 0.372 e. The van der Waals surface area contributed by atoms with Crippen molar-refractivity contribution in [3.63, 3.8) is 0 Å². The molecule has 32 heavy (non-hydrogen) atoms. The monoisotopic (exact) mass is 445 g/mol. The number of pyridine rings is 1. The molecule has 0 aliphatic carbocycles. The number of ether oxygens (including phenoxy) is 1. The molecule has 0 spiro atoms. The molecule has 1 aromatic heterocycles. The second-order valence-corrected chi connectivity index (χ2v) is 8.52. The molecule has 5 nitrogen and oxygen atoms in total. The lowest BCUT2D eigenvalue weighted by atomic mass is 9.98. The summed E-state index contributed by atoms with van der Waals surface area (Å²) in [5, 5.41) is 9.41. The number of nitriles is 1. The van der Waals surface area contributed by atoms with Crippen molar-refractivity contribution in [2.45, 2.75) is 32.5 Å². The third-order valence-electron chi connectivity index (χ3n) is 5.54. The van der Waals surface area contributed by atoms with E-state index in [2.05, 4.69) is 29.8 Å². The van der Waals surface area contributed by atoms with Crippen LogP contribution in [0.25, 0.3) is 11.1 Å². The minimum atomic E-state index is -0.0614. The molecule has 1 aliphatic heterocycles. The van der Waals surface area contributed by atoms with Gasteiger partial charge in [-0.05, 0) is 49.2 Å². The zero-order valence-corrected chi connectivity index (χ0v) is 18.8. The predicted molar refractivity (Wildman–Crippen MR) is 126 cm³/mol. The molecule has 2 aromatic carbocycles. The molecule has 0 unspecified atom stereocenters. The summed E-state index contributed by atoms with van der Waals surface area (Å²) in [5.41, 5.74) is 3.53. The van der Waals surface area contributed by atoms with Crippen molar-refractivity contribution in [3.8, 4) is 17.2 Å². The van der Waals surface area contributed by atoms with Crippen LogP contribution in [0, 0.1) is 11.3 Å². The van der Waals surface area contributed by atoms with Crippen LogP contribution in [0.5, 0.6) is 0 Å². The summed E-state index contributed by atoms with van der Waals surface area (Å²) in [6.45, 7) is 5.72. The van der Waals surface area contributed by atoms with Crippen LogP contribution in [0.3, 0.4) is 0 Å². The van der Waals surface area contributed by atoms with Crippen LogP contribution >= 0.6 is 11.6 Å². The third kappa shape index (κ3) is 4.83. The van der Waals surface area contributed by atoms with Gasteiger partial charge in [0.2, 0.25) is 0 Å². The summed E-state index contributed by atoms with van der Waals surface area (Å²) in [6.07, 6.45) is 2.30. The maximum atomic E-state index is 13.0. The zero-order chi connectivity index (χ0) is 22.7. The van der Waals surface area contributed by atoms with E-state index in [9.17, 15) is 4.79 Å². The van der Waals surface area contributed by atoms with Crippen molar-refractivity contribution >= 4 is 23.2 Å². The SMILES string of the molecule is C[C@@H]1CN(c2ccc(CC(=O)c3cccc(-c4ccc(C#N)cc4)c3Cl)cn2)C[C@H](C)O1. The number of benzene rings is 2. The number of aromatic nitrogens is 1. The second-order valence-electron chi connectivity index (χ2n) is 8.14. The molecule has 1 aliphatic rings. The number of hydrogen-bond acceptors (Lipinski definition) is 5. The number of anilines is 1. The summed E-state index contributed by atoms with van der Waals surface area (Å²) in [6, 6.07) is 18.6. The standard InChI is InChI=1S/C26H24ClN3O2/c1-17-15-30(16-18(2)32-17)25-11-8-20(14-29-25)12-24(31)23-5-3-4-22(26(23)27)21-9-6-19(13-28)7-10-21/h3-11,14,17-18H,12,15-16H2,1-2H3/t17-,18+. The van der Waals surface area contributed by atoms with Gasteiger partial charge in [-0.3, -0.25) is 4.79 Å². The van der Waals surface area contributed by atoms with Crippen LogP contribution in [0.1, 0.15) is 35.3 Å². The highest BCUT2D eigenvalue weighted by molar-refractivity contribution is 6.36. The van der Waals surface area contributed by atoms with Crippen molar-refractivity contribution in [2.24, 2.45) is 0 Å². The van der Waals surface area contributed by atoms with Gasteiger partial charge < -0.3 is 9.64 Å². The molecular weight excluding hydrogens is 422 g/mol. The summed E-state index contributed by atoms with van der Waals surface area (Å²) in [4.78, 5) is 19.8. The number of Topliss-reactive ketones (excluding diaryl/α,β-unsaturated/α-hetero) is 1. The Bertz CT molecular complexity index is 1140. The van der Waals surface area contributed by atoms with E-state index in [-0.39, 0.29) is 24.4 Å². The topological polar surface area (TPSA) is 66.2 Å². The molecule has 0 bridgehead atoms. The Kier molecular flexibility index (Phi) is 6.55. The zero-order valence-electron chi connectivity index (χ0n) is 18.1. The maximum Gasteiger partial charge on any atom is 0.168 e. The molecule has 162 valence electrons. The van der Waals surface area contributed by atoms with Gasteiger partial charge in [-0.1, -0.05) is 41.9 Å². The first kappa shape index (κ1) is 22.0. The van der Waals surface area contributed by atoms with Crippen LogP contribution in [0.15, 0.2) is 60.8 Å². The third-order valence-corrected chi connectivity index (χ3v) is 5.95. The van der Waals surface area contributed by atoms with Crippen molar-refractivity contribution in [1.82, 2.24) is 4.98 Å². The van der Waals surface area contributed by atoms with E-state index in [0.29, 0.717) is 16.1 Å². The van der Waals surface area contributed by atoms with Gasteiger partial charge in [0.05, 0.1) is 28.9 Å². The van der Waals surface area contributed by atoms with Crippen LogP contribution in [-0.4, -0.2) is 36.1 Å². The first-order chi connectivity index (χ1) is 15.4. The molecular formula is C26H24ClN3O2. The van der Waals surface area contributed by atoms with Gasteiger partial charge in [-0.15, -0.1) is 0 Å². The molecule has 4 rings (SSSR count). The Hall–Kier alpha value is -3.20. The van der Waals surface area contributed by atoms with E-state index in [1.54, 1.807) is 24.4 Å². The lowest BCUT2D eigenvalue weighted by Gasteiger charge is -2.36. The fourth-order valence-electron chi connectivity index (χ4n) is 4.05. The fraction of sp³-hybridized carbons (Fsp3) is 0.269. The Labute approximate surface area is 193 Å². The minimum absolute atomic E-state index is 0.0614. The molecule has 3 aromatic rings. The normalized spacial score (nSPS) is 18.2. The van der Waals surface area contributed by atoms with E-state index < -0.39 is 0 Å². The van der Waals surface area contributed by atoms with Crippen LogP contribution in [0.2, 0.25) is 5.02 Å². The smallest absolute Gasteiger partial charge is 0.168 e. The number of morpholine rings is 1. The number of hydrogen-bond donors (Lipinski definition) is 0. The number of carbonyl (C=O) groups is 1. The van der Waals surface area contributed by atoms with Crippen molar-refractivity contribution in [3.05, 3.63) is 82.5 Å². The average Bonchev–Trinajstić information content (AvgIpc) is 2.79. The van der Waals surface area contributed by atoms with E-state index in [1.807, 2.05) is 36.4 Å². The molecule has 0 amide bonds. The van der Waals surface area contributed by atoms with E-state index in [1.165, 1.54) is 0 Å². The molecule has 0 saturated carbocycles. The van der Waals surface area contributed by atoms with Gasteiger partial charge in [0.25, 0.3) is 0 Å². The van der Waals surface area contributed by atoms with Crippen LogP contribution in [-0.2, 0) is 11.2 Å². The second kappa shape index (κ2) is 9.52. The number of carbonyl (C=O) groups excluding carboxylic acids is 1. The van der Waals surface area contributed by atoms with Crippen molar-refractivity contribution < 1.29 is 9.53 Å². The molecule has 0 N–H and O–H groups in total. The van der Waals surface area contributed by atoms with E-state index in [4.69, 9.17) is 21.6 Å². The highest BCUT2D eigenvalue weighted by atomic mass is 35.5. The average molecular weight is 446 g/mol. The fourth-order valence-corrected chi connectivity index (χ4v) is 4.39. The number of rotatable bonds is 5. The highest BCUT2D eigenvalue weighted by Gasteiger charge is 2.23. The highest BCUT2D eigenvalue weighted by Crippen LogP contribution is 2.31. The summed E-state index contributed by atoms with van der Waals surface area (Å²) >= 11 is 6.61. The van der Waals surface area contributed by atoms with Gasteiger partial charge >= 0.3 is 0 Å². The Morgan fingerprint density at radius 1 is 1.12 bits per heavy atom. The van der Waals surface area contributed by atoms with Crippen LogP contribution < -0.4 is 4.90 Å². The molecule has 1 fully saturated rings. The molecule has 1 saturated heterocycles. The van der Waals surface area contributed by atoms with Gasteiger partial charge in [0, 0.05) is 36.8 Å². The number of halogens is 1. The molecule has 6 heteroatoms. The molecule has 0 radical (unpaired) electrons. The van der Waals surface area contributed by atoms with Gasteiger partial charge in [-0.25, -0.2) is 4.98 Å². The Balaban J connectivity index is 1.50. The van der Waals surface area contributed by atoms with Crippen molar-refractivity contribution in [2.75, 3.05) is 18.0 Å². The van der Waals surface area contributed by atoms with Crippen molar-refractivity contribution in [1.29, 1.82) is 5.26 Å². The van der Waals surface area contributed by atoms with Gasteiger partial charge in [0.1, 0.15) is 5.82 Å². The minimum Gasteiger partial charge on any atom is -0.372 e. The summed E-state index contributed by atoms with van der Waals surface area (Å²) in [5.74, 6) is 0.831. The Morgan fingerprint density at radius 3 is 2.47 bits per heavy atom. The van der Waals surface area contributed by atoms with E-state index in [0.717, 1.165) is 35.6 Å². The van der Waals surface area contributed by atoms with Gasteiger partial charge in [0.15, 0.2) is 5.78 Å². The lowest BCUT2D eigenvalue weighted by molar-refractivity contribution is -0.00546. The summed E-state index contributed by atoms with van der Waals surface area (Å²) < 4.78 is 5.79. The van der Waals surface area contributed by atoms with Crippen LogP contribution in [0.4, 0.5) is 5.82 Å². The lowest BCUT2D eigenvalue weighted by Crippen LogP contribution is -2.45. The van der Waals surface area contributed by atoms with E-state index >= 15 is 0 Å². The summed E-state index contributed by atoms with van der Waals surface area (Å²) in [7, 11) is 0. The predicted octanol–water partition coefficient (Wildman–Crippen LogP) is 5.31. The number of ketones is 1. The Morgan fingerprint density at radius 2 is 1.84 bits per heavy atom. The first-order valence-electron chi connectivity index (χ1n) is 10.6.